The van der Waals surface area contributed by atoms with Crippen molar-refractivity contribution in [1.29, 1.82) is 0 Å². The van der Waals surface area contributed by atoms with Gasteiger partial charge in [0.1, 0.15) is 17.7 Å². The van der Waals surface area contributed by atoms with E-state index in [0.29, 0.717) is 11.5 Å². The van der Waals surface area contributed by atoms with Crippen molar-refractivity contribution in [2.24, 2.45) is 5.92 Å². The third-order valence-electron chi connectivity index (χ3n) is 5.38. The summed E-state index contributed by atoms with van der Waals surface area (Å²) in [5.74, 6) is -0.736. The predicted octanol–water partition coefficient (Wildman–Crippen LogP) is 1.67. The average Bonchev–Trinajstić information content (AvgIpc) is 3.34. The molecular formula is C19H29N3O5. The Kier molecular flexibility index (Phi) is 6.16. The zero-order valence-corrected chi connectivity index (χ0v) is 16.2. The van der Waals surface area contributed by atoms with Gasteiger partial charge in [-0.2, -0.15) is 0 Å². The smallest absolute Gasteiger partial charge is 0.266 e. The maximum atomic E-state index is 13.2. The lowest BCUT2D eigenvalue weighted by atomic mass is 9.91. The second-order valence-corrected chi connectivity index (χ2v) is 7.98. The maximum Gasteiger partial charge on any atom is 0.266 e. The summed E-state index contributed by atoms with van der Waals surface area (Å²) in [7, 11) is 0. The SMILES string of the molecule is Cc1cc([C@@H](C(=O)N2C[C@H](O)C[C@H]2C(=O)NOC2CCCC2)C(C)C)on1. The molecule has 2 N–H and O–H groups in total. The molecule has 2 heterocycles. The van der Waals surface area contributed by atoms with Gasteiger partial charge in [-0.3, -0.25) is 14.4 Å². The normalized spacial score (nSPS) is 24.6. The molecule has 1 saturated carbocycles. The standard InChI is InChI=1S/C19H29N3O5/c1-11(2)17(16-8-12(3)20-27-16)19(25)22-10-13(23)9-15(22)18(24)21-26-14-6-4-5-7-14/h8,11,13-15,17,23H,4-7,9-10H2,1-3H3,(H,21,24)/t13-,15+,17+/m1/s1. The summed E-state index contributed by atoms with van der Waals surface area (Å²) in [6.45, 7) is 5.76. The molecule has 1 aromatic heterocycles. The van der Waals surface area contributed by atoms with Crippen LogP contribution in [-0.4, -0.2) is 51.8 Å². The van der Waals surface area contributed by atoms with E-state index in [1.165, 1.54) is 4.90 Å². The Bertz CT molecular complexity index is 668. The highest BCUT2D eigenvalue weighted by Gasteiger charge is 2.43. The van der Waals surface area contributed by atoms with Gasteiger partial charge in [-0.25, -0.2) is 5.48 Å². The minimum Gasteiger partial charge on any atom is -0.391 e. The lowest BCUT2D eigenvalue weighted by Crippen LogP contribution is -2.48. The van der Waals surface area contributed by atoms with Gasteiger partial charge >= 0.3 is 0 Å². The number of β-amino-alcohol motifs (C(OH)–C–C–N with tert-alkyl or cyclic N) is 1. The summed E-state index contributed by atoms with van der Waals surface area (Å²) < 4.78 is 5.32. The van der Waals surface area contributed by atoms with E-state index >= 15 is 0 Å². The number of aryl methyl sites for hydroxylation is 1. The molecule has 0 spiro atoms. The zero-order chi connectivity index (χ0) is 19.6. The first kappa shape index (κ1) is 19.8. The van der Waals surface area contributed by atoms with Crippen molar-refractivity contribution >= 4 is 11.8 Å². The first-order valence-electron chi connectivity index (χ1n) is 9.74. The van der Waals surface area contributed by atoms with Gasteiger partial charge in [0.05, 0.1) is 17.9 Å². The molecule has 8 heteroatoms. The molecule has 1 aliphatic carbocycles. The molecule has 150 valence electrons. The highest BCUT2D eigenvalue weighted by Crippen LogP contribution is 2.31. The fraction of sp³-hybridized carbons (Fsp3) is 0.737. The molecule has 27 heavy (non-hydrogen) atoms. The van der Waals surface area contributed by atoms with Gasteiger partial charge in [-0.15, -0.1) is 0 Å². The Labute approximate surface area is 159 Å². The predicted molar refractivity (Wildman–Crippen MR) is 96.4 cm³/mol. The van der Waals surface area contributed by atoms with Crippen LogP contribution in [0.25, 0.3) is 0 Å². The van der Waals surface area contributed by atoms with E-state index in [1.807, 2.05) is 13.8 Å². The number of carbonyl (C=O) groups is 2. The van der Waals surface area contributed by atoms with Gasteiger partial charge in [0.25, 0.3) is 5.91 Å². The van der Waals surface area contributed by atoms with Crippen LogP contribution in [0.4, 0.5) is 0 Å². The van der Waals surface area contributed by atoms with E-state index in [9.17, 15) is 14.7 Å². The number of hydrogen-bond donors (Lipinski definition) is 2. The molecule has 1 saturated heterocycles. The quantitative estimate of drug-likeness (QED) is 0.729. The van der Waals surface area contributed by atoms with Crippen LogP contribution < -0.4 is 5.48 Å². The van der Waals surface area contributed by atoms with E-state index in [1.54, 1.807) is 13.0 Å². The van der Waals surface area contributed by atoms with Crippen molar-refractivity contribution in [3.05, 3.63) is 17.5 Å². The fourth-order valence-electron chi connectivity index (χ4n) is 3.97. The molecule has 0 aromatic carbocycles. The third kappa shape index (κ3) is 4.50. The molecule has 2 fully saturated rings. The van der Waals surface area contributed by atoms with E-state index in [4.69, 9.17) is 9.36 Å². The molecule has 2 amide bonds. The number of rotatable bonds is 6. The first-order chi connectivity index (χ1) is 12.9. The van der Waals surface area contributed by atoms with Crippen LogP contribution in [0, 0.1) is 12.8 Å². The minimum atomic E-state index is -0.751. The summed E-state index contributed by atoms with van der Waals surface area (Å²) in [4.78, 5) is 32.8. The second-order valence-electron chi connectivity index (χ2n) is 7.98. The highest BCUT2D eigenvalue weighted by atomic mass is 16.7. The number of aromatic nitrogens is 1. The summed E-state index contributed by atoms with van der Waals surface area (Å²) >= 11 is 0. The molecular weight excluding hydrogens is 350 g/mol. The number of aliphatic hydroxyl groups is 1. The monoisotopic (exact) mass is 379 g/mol. The van der Waals surface area contributed by atoms with Gasteiger partial charge in [0, 0.05) is 19.0 Å². The number of carbonyl (C=O) groups excluding carboxylic acids is 2. The van der Waals surface area contributed by atoms with E-state index in [0.717, 1.165) is 25.7 Å². The number of hydrogen-bond acceptors (Lipinski definition) is 6. The maximum absolute atomic E-state index is 13.2. The number of hydroxylamine groups is 1. The Hall–Kier alpha value is -1.93. The van der Waals surface area contributed by atoms with Crippen molar-refractivity contribution in [2.45, 2.75) is 77.0 Å². The Morgan fingerprint density at radius 3 is 2.67 bits per heavy atom. The van der Waals surface area contributed by atoms with Crippen LogP contribution in [-0.2, 0) is 14.4 Å². The fourth-order valence-corrected chi connectivity index (χ4v) is 3.97. The van der Waals surface area contributed by atoms with Gasteiger partial charge < -0.3 is 14.5 Å². The van der Waals surface area contributed by atoms with Crippen LogP contribution in [0.1, 0.15) is 63.3 Å². The third-order valence-corrected chi connectivity index (χ3v) is 5.38. The van der Waals surface area contributed by atoms with Crippen molar-refractivity contribution in [3.8, 4) is 0 Å². The Balaban J connectivity index is 1.71. The molecule has 8 nitrogen and oxygen atoms in total. The highest BCUT2D eigenvalue weighted by molar-refractivity contribution is 5.90. The van der Waals surface area contributed by atoms with Crippen molar-refractivity contribution in [1.82, 2.24) is 15.5 Å². The molecule has 1 aliphatic heterocycles. The van der Waals surface area contributed by atoms with Crippen LogP contribution in [0.15, 0.2) is 10.6 Å². The Morgan fingerprint density at radius 1 is 1.37 bits per heavy atom. The van der Waals surface area contributed by atoms with Crippen LogP contribution >= 0.6 is 0 Å². The van der Waals surface area contributed by atoms with Crippen molar-refractivity contribution in [2.75, 3.05) is 6.54 Å². The summed E-state index contributed by atoms with van der Waals surface area (Å²) in [6, 6.07) is 0.993. The van der Waals surface area contributed by atoms with Crippen molar-refractivity contribution < 1.29 is 24.1 Å². The van der Waals surface area contributed by atoms with Crippen LogP contribution in [0.3, 0.4) is 0 Å². The van der Waals surface area contributed by atoms with E-state index in [-0.39, 0.29) is 36.8 Å². The molecule has 0 bridgehead atoms. The van der Waals surface area contributed by atoms with Crippen molar-refractivity contribution in [3.63, 3.8) is 0 Å². The first-order valence-corrected chi connectivity index (χ1v) is 9.74. The Morgan fingerprint density at radius 2 is 2.07 bits per heavy atom. The number of aliphatic hydroxyl groups excluding tert-OH is 1. The number of nitrogens with zero attached hydrogens (tertiary/aromatic N) is 2. The average molecular weight is 379 g/mol. The number of likely N-dealkylation sites (tertiary alicyclic amines) is 1. The molecule has 0 unspecified atom stereocenters. The molecule has 1 aromatic rings. The molecule has 3 atom stereocenters. The number of nitrogens with one attached hydrogen (secondary N) is 1. The van der Waals surface area contributed by atoms with Crippen LogP contribution in [0.5, 0.6) is 0 Å². The molecule has 3 rings (SSSR count). The van der Waals surface area contributed by atoms with Gasteiger partial charge in [-0.05, 0) is 25.7 Å². The molecule has 2 aliphatic rings. The van der Waals surface area contributed by atoms with E-state index in [2.05, 4.69) is 10.6 Å². The lowest BCUT2D eigenvalue weighted by molar-refractivity contribution is -0.149. The summed E-state index contributed by atoms with van der Waals surface area (Å²) in [6.07, 6.45) is 3.55. The summed E-state index contributed by atoms with van der Waals surface area (Å²) in [5.41, 5.74) is 3.20. The van der Waals surface area contributed by atoms with Crippen LogP contribution in [0.2, 0.25) is 0 Å². The zero-order valence-electron chi connectivity index (χ0n) is 16.2. The topological polar surface area (TPSA) is 105 Å². The van der Waals surface area contributed by atoms with Gasteiger partial charge in [0.2, 0.25) is 5.91 Å². The minimum absolute atomic E-state index is 0.0324. The second kappa shape index (κ2) is 8.39. The largest absolute Gasteiger partial charge is 0.391 e. The van der Waals surface area contributed by atoms with E-state index < -0.39 is 18.1 Å². The van der Waals surface area contributed by atoms with Gasteiger partial charge in [0.15, 0.2) is 0 Å². The molecule has 0 radical (unpaired) electrons. The summed E-state index contributed by atoms with van der Waals surface area (Å²) in [5, 5.41) is 14.0. The number of amides is 2. The lowest BCUT2D eigenvalue weighted by Gasteiger charge is -2.28. The van der Waals surface area contributed by atoms with Gasteiger partial charge in [-0.1, -0.05) is 31.8 Å².